The van der Waals surface area contributed by atoms with Crippen molar-refractivity contribution in [2.75, 3.05) is 11.1 Å². The molecule has 0 saturated carbocycles. The van der Waals surface area contributed by atoms with Gasteiger partial charge in [-0.3, -0.25) is 4.79 Å². The zero-order valence-electron chi connectivity index (χ0n) is 9.65. The second-order valence-electron chi connectivity index (χ2n) is 3.85. The molecule has 6 heteroatoms. The Morgan fingerprint density at radius 2 is 2.00 bits per heavy atom. The molecule has 4 nitrogen and oxygen atoms in total. The summed E-state index contributed by atoms with van der Waals surface area (Å²) in [5.74, 6) is -1.15. The van der Waals surface area contributed by atoms with Crippen LogP contribution in [0.2, 0.25) is 0 Å². The van der Waals surface area contributed by atoms with Crippen LogP contribution in [-0.4, -0.2) is 11.0 Å². The summed E-state index contributed by atoms with van der Waals surface area (Å²) in [5.41, 5.74) is 5.87. The predicted octanol–water partition coefficient (Wildman–Crippen LogP) is 2.97. The molecule has 98 valence electrons. The fourth-order valence-electron chi connectivity index (χ4n) is 1.51. The fraction of sp³-hybridized carbons (Fsp3) is 0. The molecule has 0 fully saturated rings. The van der Waals surface area contributed by atoms with E-state index in [-0.39, 0.29) is 17.0 Å². The summed E-state index contributed by atoms with van der Waals surface area (Å²) in [6, 6.07) is 8.56. The molecule has 2 rings (SSSR count). The highest BCUT2D eigenvalue weighted by Gasteiger charge is 2.12. The van der Waals surface area contributed by atoms with E-state index in [1.165, 1.54) is 24.3 Å². The SMILES string of the molecule is Nc1cc(NC(=O)c2cc(I)ccc2O)ccc1F. The number of halogens is 2. The van der Waals surface area contributed by atoms with Gasteiger partial charge in [-0.05, 0) is 59.0 Å². The van der Waals surface area contributed by atoms with Crippen molar-refractivity contribution in [2.45, 2.75) is 0 Å². The third-order valence-corrected chi connectivity index (χ3v) is 3.13. The molecular formula is C13H10FIN2O2. The Morgan fingerprint density at radius 1 is 1.26 bits per heavy atom. The van der Waals surface area contributed by atoms with Gasteiger partial charge in [0.05, 0.1) is 11.3 Å². The Bertz CT molecular complexity index is 647. The second-order valence-corrected chi connectivity index (χ2v) is 5.10. The number of rotatable bonds is 2. The maximum Gasteiger partial charge on any atom is 0.259 e. The number of nitrogen functional groups attached to an aromatic ring is 1. The van der Waals surface area contributed by atoms with Crippen LogP contribution < -0.4 is 11.1 Å². The number of hydrogen-bond donors (Lipinski definition) is 3. The van der Waals surface area contributed by atoms with Gasteiger partial charge in [-0.2, -0.15) is 0 Å². The highest BCUT2D eigenvalue weighted by molar-refractivity contribution is 14.1. The van der Waals surface area contributed by atoms with Crippen molar-refractivity contribution in [1.82, 2.24) is 0 Å². The van der Waals surface area contributed by atoms with Crippen LogP contribution in [0, 0.1) is 9.39 Å². The standard InChI is InChI=1S/C13H10FIN2O2/c14-10-3-2-8(6-11(10)16)17-13(19)9-5-7(15)1-4-12(9)18/h1-6,18H,16H2,(H,17,19). The van der Waals surface area contributed by atoms with E-state index in [2.05, 4.69) is 5.32 Å². The first-order chi connectivity index (χ1) is 8.97. The van der Waals surface area contributed by atoms with Crippen LogP contribution in [0.5, 0.6) is 5.75 Å². The van der Waals surface area contributed by atoms with E-state index in [4.69, 9.17) is 5.73 Å². The number of phenolic OH excluding ortho intramolecular Hbond substituents is 1. The van der Waals surface area contributed by atoms with Gasteiger partial charge in [-0.1, -0.05) is 0 Å². The van der Waals surface area contributed by atoms with Crippen molar-refractivity contribution in [3.63, 3.8) is 0 Å². The largest absolute Gasteiger partial charge is 0.507 e. The molecule has 19 heavy (non-hydrogen) atoms. The normalized spacial score (nSPS) is 10.2. The molecule has 4 N–H and O–H groups in total. The molecule has 0 aromatic heterocycles. The average molecular weight is 372 g/mol. The van der Waals surface area contributed by atoms with Gasteiger partial charge >= 0.3 is 0 Å². The van der Waals surface area contributed by atoms with Crippen LogP contribution in [0.25, 0.3) is 0 Å². The lowest BCUT2D eigenvalue weighted by Crippen LogP contribution is -2.12. The van der Waals surface area contributed by atoms with Crippen molar-refractivity contribution in [3.8, 4) is 5.75 Å². The lowest BCUT2D eigenvalue weighted by molar-refractivity contribution is 0.102. The van der Waals surface area contributed by atoms with E-state index >= 15 is 0 Å². The van der Waals surface area contributed by atoms with Crippen molar-refractivity contribution in [2.24, 2.45) is 0 Å². The number of nitrogens with one attached hydrogen (secondary N) is 1. The topological polar surface area (TPSA) is 75.3 Å². The molecule has 2 aromatic carbocycles. The Morgan fingerprint density at radius 3 is 2.68 bits per heavy atom. The van der Waals surface area contributed by atoms with Crippen LogP contribution >= 0.6 is 22.6 Å². The smallest absolute Gasteiger partial charge is 0.259 e. The Kier molecular flexibility index (Phi) is 3.89. The zero-order valence-corrected chi connectivity index (χ0v) is 11.8. The molecule has 0 aliphatic rings. The van der Waals surface area contributed by atoms with Crippen molar-refractivity contribution in [3.05, 3.63) is 51.3 Å². The number of hydrogen-bond acceptors (Lipinski definition) is 3. The van der Waals surface area contributed by atoms with Crippen molar-refractivity contribution >= 4 is 39.9 Å². The van der Waals surface area contributed by atoms with Crippen molar-refractivity contribution < 1.29 is 14.3 Å². The quantitative estimate of drug-likeness (QED) is 0.561. The summed E-state index contributed by atoms with van der Waals surface area (Å²) >= 11 is 2.04. The van der Waals surface area contributed by atoms with E-state index in [9.17, 15) is 14.3 Å². The molecule has 0 aliphatic heterocycles. The summed E-state index contributed by atoms with van der Waals surface area (Å²) in [4.78, 5) is 12.0. The van der Waals surface area contributed by atoms with Gasteiger partial charge in [0.25, 0.3) is 5.91 Å². The second kappa shape index (κ2) is 5.43. The van der Waals surface area contributed by atoms with Crippen LogP contribution in [-0.2, 0) is 0 Å². The Hall–Kier alpha value is -1.83. The highest BCUT2D eigenvalue weighted by atomic mass is 127. The zero-order chi connectivity index (χ0) is 14.0. The first-order valence-electron chi connectivity index (χ1n) is 5.32. The molecule has 0 saturated heterocycles. The minimum absolute atomic E-state index is 0.0512. The third-order valence-electron chi connectivity index (χ3n) is 2.46. The number of aromatic hydroxyl groups is 1. The average Bonchev–Trinajstić information content (AvgIpc) is 2.36. The molecule has 1 amide bonds. The van der Waals surface area contributed by atoms with Gasteiger partial charge in [-0.25, -0.2) is 4.39 Å². The van der Waals surface area contributed by atoms with E-state index in [0.717, 1.165) is 3.57 Å². The molecule has 0 spiro atoms. The number of benzene rings is 2. The van der Waals surface area contributed by atoms with E-state index in [1.54, 1.807) is 12.1 Å². The lowest BCUT2D eigenvalue weighted by Gasteiger charge is -2.08. The summed E-state index contributed by atoms with van der Waals surface area (Å²) in [5, 5.41) is 12.2. The fourth-order valence-corrected chi connectivity index (χ4v) is 2.00. The van der Waals surface area contributed by atoms with Crippen LogP contribution in [0.4, 0.5) is 15.8 Å². The number of carbonyl (C=O) groups excluding carboxylic acids is 1. The summed E-state index contributed by atoms with van der Waals surface area (Å²) in [6.45, 7) is 0. The van der Waals surface area contributed by atoms with Gasteiger partial charge in [-0.15, -0.1) is 0 Å². The number of carbonyl (C=O) groups is 1. The Labute approximate surface area is 122 Å². The van der Waals surface area contributed by atoms with Gasteiger partial charge in [0.1, 0.15) is 11.6 Å². The number of nitrogens with two attached hydrogens (primary N) is 1. The molecule has 0 aliphatic carbocycles. The van der Waals surface area contributed by atoms with Crippen LogP contribution in [0.1, 0.15) is 10.4 Å². The minimum atomic E-state index is -0.546. The highest BCUT2D eigenvalue weighted by Crippen LogP contribution is 2.22. The third kappa shape index (κ3) is 3.14. The lowest BCUT2D eigenvalue weighted by atomic mass is 10.2. The van der Waals surface area contributed by atoms with Gasteiger partial charge < -0.3 is 16.2 Å². The van der Waals surface area contributed by atoms with Crippen LogP contribution in [0.15, 0.2) is 36.4 Å². The molecule has 0 unspecified atom stereocenters. The summed E-state index contributed by atoms with van der Waals surface area (Å²) in [7, 11) is 0. The Balaban J connectivity index is 2.25. The van der Waals surface area contributed by atoms with Gasteiger partial charge in [0.2, 0.25) is 0 Å². The first-order valence-corrected chi connectivity index (χ1v) is 6.40. The predicted molar refractivity (Wildman–Crippen MR) is 79.6 cm³/mol. The first kappa shape index (κ1) is 13.6. The molecule has 0 bridgehead atoms. The maximum atomic E-state index is 13.0. The van der Waals surface area contributed by atoms with Crippen molar-refractivity contribution in [1.29, 1.82) is 0 Å². The summed E-state index contributed by atoms with van der Waals surface area (Å²) < 4.78 is 13.8. The van der Waals surface area contributed by atoms with Gasteiger partial charge in [0, 0.05) is 9.26 Å². The van der Waals surface area contributed by atoms with E-state index in [1.807, 2.05) is 22.6 Å². The van der Waals surface area contributed by atoms with Crippen LogP contribution in [0.3, 0.4) is 0 Å². The number of amides is 1. The molecular weight excluding hydrogens is 362 g/mol. The van der Waals surface area contributed by atoms with E-state index in [0.29, 0.717) is 5.69 Å². The molecule has 0 atom stereocenters. The molecule has 2 aromatic rings. The summed E-state index contributed by atoms with van der Waals surface area (Å²) in [6.07, 6.45) is 0. The minimum Gasteiger partial charge on any atom is -0.507 e. The number of anilines is 2. The maximum absolute atomic E-state index is 13.0. The van der Waals surface area contributed by atoms with E-state index < -0.39 is 11.7 Å². The monoisotopic (exact) mass is 372 g/mol. The molecule has 0 radical (unpaired) electrons. The van der Waals surface area contributed by atoms with Gasteiger partial charge in [0.15, 0.2) is 0 Å². The molecule has 0 heterocycles. The number of phenols is 1.